The highest BCUT2D eigenvalue weighted by Crippen LogP contribution is 2.29. The van der Waals surface area contributed by atoms with Crippen LogP contribution in [0.15, 0.2) is 12.1 Å². The molecule has 0 amide bonds. The first-order valence-corrected chi connectivity index (χ1v) is 4.05. The van der Waals surface area contributed by atoms with E-state index in [2.05, 4.69) is 0 Å². The number of fused-ring (bicyclic) bond motifs is 1. The number of halogens is 1. The predicted molar refractivity (Wildman–Crippen MR) is 46.8 cm³/mol. The summed E-state index contributed by atoms with van der Waals surface area (Å²) >= 11 is 0. The summed E-state index contributed by atoms with van der Waals surface area (Å²) in [5.41, 5.74) is 1.01. The fraction of sp³-hybridized carbons (Fsp3) is 0.200. The molecule has 0 atom stereocenters. The minimum Gasteiger partial charge on any atom is -0.467 e. The molecule has 0 fully saturated rings. The first-order chi connectivity index (χ1) is 6.81. The molecular weight excluding hydrogens is 187 g/mol. The molecule has 0 bridgehead atoms. The molecule has 0 saturated heterocycles. The smallest absolute Gasteiger partial charge is 0.189 e. The maximum atomic E-state index is 13.0. The van der Waals surface area contributed by atoms with E-state index >= 15 is 0 Å². The number of ether oxygens (including phenoxy) is 2. The Morgan fingerprint density at radius 3 is 3.14 bits per heavy atom. The summed E-state index contributed by atoms with van der Waals surface area (Å²) < 4.78 is 23.2. The highest BCUT2D eigenvalue weighted by Gasteiger charge is 2.15. The van der Waals surface area contributed by atoms with Crippen LogP contribution in [0, 0.1) is 5.82 Å². The Bertz CT molecular complexity index is 408. The van der Waals surface area contributed by atoms with E-state index in [1.807, 2.05) is 0 Å². The second-order valence-electron chi connectivity index (χ2n) is 2.86. The van der Waals surface area contributed by atoms with Crippen LogP contribution in [-0.4, -0.2) is 12.7 Å². The van der Waals surface area contributed by atoms with Gasteiger partial charge in [-0.2, -0.15) is 0 Å². The predicted octanol–water partition coefficient (Wildman–Crippen LogP) is 1.54. The summed E-state index contributed by atoms with van der Waals surface area (Å²) in [7, 11) is 0. The van der Waals surface area contributed by atoms with Crippen molar-refractivity contribution in [2.45, 2.75) is 6.61 Å². The van der Waals surface area contributed by atoms with Gasteiger partial charge in [-0.05, 0) is 12.1 Å². The number of benzene rings is 1. The Labute approximate surface area is 79.7 Å². The third-order valence-corrected chi connectivity index (χ3v) is 1.92. The average molecular weight is 194 g/mol. The van der Waals surface area contributed by atoms with Crippen LogP contribution in [0.25, 0.3) is 6.08 Å². The summed E-state index contributed by atoms with van der Waals surface area (Å²) in [6, 6.07) is 2.56. The van der Waals surface area contributed by atoms with Gasteiger partial charge in [0.15, 0.2) is 6.79 Å². The molecule has 0 aliphatic carbocycles. The van der Waals surface area contributed by atoms with E-state index in [1.165, 1.54) is 12.1 Å². The maximum absolute atomic E-state index is 13.0. The van der Waals surface area contributed by atoms with Crippen molar-refractivity contribution in [1.29, 1.82) is 0 Å². The van der Waals surface area contributed by atoms with Gasteiger partial charge in [0.05, 0.1) is 6.61 Å². The monoisotopic (exact) mass is 194 g/mol. The van der Waals surface area contributed by atoms with Crippen molar-refractivity contribution >= 4 is 12.0 Å². The van der Waals surface area contributed by atoms with Crippen molar-refractivity contribution in [3.63, 3.8) is 0 Å². The minimum absolute atomic E-state index is 0.123. The zero-order valence-electron chi connectivity index (χ0n) is 7.25. The fourth-order valence-corrected chi connectivity index (χ4v) is 1.38. The largest absolute Gasteiger partial charge is 0.467 e. The SMILES string of the molecule is O=C=Cc1cc(F)cc2c1OCOC2. The Hall–Kier alpha value is -1.64. The topological polar surface area (TPSA) is 35.5 Å². The molecule has 0 radical (unpaired) electrons. The lowest BCUT2D eigenvalue weighted by Gasteiger charge is -2.19. The molecule has 0 aromatic heterocycles. The van der Waals surface area contributed by atoms with E-state index in [-0.39, 0.29) is 6.79 Å². The Balaban J connectivity index is 2.57. The number of hydrogen-bond donors (Lipinski definition) is 0. The van der Waals surface area contributed by atoms with Crippen molar-refractivity contribution in [2.75, 3.05) is 6.79 Å². The van der Waals surface area contributed by atoms with Gasteiger partial charge >= 0.3 is 0 Å². The summed E-state index contributed by atoms with van der Waals surface area (Å²) in [6.07, 6.45) is 1.15. The van der Waals surface area contributed by atoms with E-state index in [0.717, 1.165) is 6.08 Å². The molecule has 14 heavy (non-hydrogen) atoms. The van der Waals surface area contributed by atoms with E-state index in [4.69, 9.17) is 9.47 Å². The maximum Gasteiger partial charge on any atom is 0.189 e. The number of rotatable bonds is 1. The van der Waals surface area contributed by atoms with E-state index in [1.54, 1.807) is 5.94 Å². The molecule has 1 aromatic rings. The lowest BCUT2D eigenvalue weighted by molar-refractivity contribution is -0.0167. The molecule has 2 rings (SSSR count). The molecular formula is C10H7FO3. The van der Waals surface area contributed by atoms with Crippen LogP contribution in [0.4, 0.5) is 4.39 Å². The van der Waals surface area contributed by atoms with Crippen molar-refractivity contribution in [3.05, 3.63) is 29.1 Å². The Morgan fingerprint density at radius 1 is 1.50 bits per heavy atom. The summed E-state index contributed by atoms with van der Waals surface area (Å²) in [5, 5.41) is 0. The lowest BCUT2D eigenvalue weighted by Crippen LogP contribution is -2.12. The van der Waals surface area contributed by atoms with Crippen LogP contribution >= 0.6 is 0 Å². The van der Waals surface area contributed by atoms with Crippen LogP contribution in [-0.2, 0) is 16.1 Å². The van der Waals surface area contributed by atoms with Crippen LogP contribution in [0.5, 0.6) is 5.75 Å². The zero-order chi connectivity index (χ0) is 9.97. The van der Waals surface area contributed by atoms with Crippen molar-refractivity contribution in [1.82, 2.24) is 0 Å². The summed E-state index contributed by atoms with van der Waals surface area (Å²) in [6.45, 7) is 0.422. The Morgan fingerprint density at radius 2 is 2.36 bits per heavy atom. The van der Waals surface area contributed by atoms with Gasteiger partial charge in [-0.1, -0.05) is 0 Å². The van der Waals surface area contributed by atoms with Gasteiger partial charge in [-0.3, -0.25) is 0 Å². The van der Waals surface area contributed by atoms with Crippen LogP contribution in [0.1, 0.15) is 11.1 Å². The lowest BCUT2D eigenvalue weighted by atomic mass is 10.1. The third kappa shape index (κ3) is 1.53. The molecule has 0 spiro atoms. The molecule has 0 saturated carbocycles. The van der Waals surface area contributed by atoms with E-state index < -0.39 is 5.82 Å². The fourth-order valence-electron chi connectivity index (χ4n) is 1.38. The molecule has 3 nitrogen and oxygen atoms in total. The van der Waals surface area contributed by atoms with Gasteiger partial charge in [-0.25, -0.2) is 9.18 Å². The first-order valence-electron chi connectivity index (χ1n) is 4.05. The number of hydrogen-bond acceptors (Lipinski definition) is 3. The molecule has 0 unspecified atom stereocenters. The van der Waals surface area contributed by atoms with Gasteiger partial charge in [-0.15, -0.1) is 0 Å². The third-order valence-electron chi connectivity index (χ3n) is 1.92. The molecule has 72 valence electrons. The standard InChI is InChI=1S/C10H7FO3/c11-9-3-7(1-2-12)10-8(4-9)5-13-6-14-10/h1,3-4H,5-6H2. The zero-order valence-corrected chi connectivity index (χ0v) is 7.25. The van der Waals surface area contributed by atoms with Crippen molar-refractivity contribution < 1.29 is 18.7 Å². The van der Waals surface area contributed by atoms with Crippen LogP contribution < -0.4 is 4.74 Å². The molecule has 0 N–H and O–H groups in total. The normalized spacial score (nSPS) is 13.8. The van der Waals surface area contributed by atoms with Crippen LogP contribution in [0.3, 0.4) is 0 Å². The number of carbonyl (C=O) groups excluding carboxylic acids is 1. The minimum atomic E-state index is -0.417. The molecule has 1 aliphatic rings. The second kappa shape index (κ2) is 3.62. The van der Waals surface area contributed by atoms with Crippen molar-refractivity contribution in [2.24, 2.45) is 0 Å². The van der Waals surface area contributed by atoms with Crippen LogP contribution in [0.2, 0.25) is 0 Å². The first kappa shape index (κ1) is 8.94. The van der Waals surface area contributed by atoms with Gasteiger partial charge in [0, 0.05) is 17.2 Å². The van der Waals surface area contributed by atoms with Gasteiger partial charge in [0.25, 0.3) is 0 Å². The second-order valence-corrected chi connectivity index (χ2v) is 2.86. The van der Waals surface area contributed by atoms with Gasteiger partial charge in [0.1, 0.15) is 17.5 Å². The summed E-state index contributed by atoms with van der Waals surface area (Å²) in [4.78, 5) is 10.2. The van der Waals surface area contributed by atoms with E-state index in [0.29, 0.717) is 23.5 Å². The molecule has 1 heterocycles. The Kier molecular flexibility index (Phi) is 2.31. The summed E-state index contributed by atoms with van der Waals surface area (Å²) in [5.74, 6) is 1.68. The quantitative estimate of drug-likeness (QED) is 0.636. The van der Waals surface area contributed by atoms with Gasteiger partial charge in [0.2, 0.25) is 0 Å². The van der Waals surface area contributed by atoms with Crippen molar-refractivity contribution in [3.8, 4) is 5.75 Å². The molecule has 4 heteroatoms. The highest BCUT2D eigenvalue weighted by atomic mass is 19.1. The van der Waals surface area contributed by atoms with Gasteiger partial charge < -0.3 is 9.47 Å². The highest BCUT2D eigenvalue weighted by molar-refractivity contribution is 5.78. The molecule has 1 aliphatic heterocycles. The molecule has 1 aromatic carbocycles. The van der Waals surface area contributed by atoms with E-state index in [9.17, 15) is 9.18 Å². The average Bonchev–Trinajstić information content (AvgIpc) is 2.18.